The highest BCUT2D eigenvalue weighted by molar-refractivity contribution is 8.00. The summed E-state index contributed by atoms with van der Waals surface area (Å²) in [6.45, 7) is 3.96. The topological polar surface area (TPSA) is 121 Å². The highest BCUT2D eigenvalue weighted by Crippen LogP contribution is 2.35. The lowest BCUT2D eigenvalue weighted by atomic mass is 10.2. The number of nitrogen functional groups attached to an aromatic ring is 1. The molecule has 0 unspecified atom stereocenters. The largest absolute Gasteiger partial charge is 0.383 e. The van der Waals surface area contributed by atoms with Gasteiger partial charge in [0, 0.05) is 18.0 Å². The second-order valence-electron chi connectivity index (χ2n) is 6.87. The standard InChI is InChI=1S/C20H25N5O4S/c1-3-5-10-24-18(21)17(19(28)22-20(24)29)23(4-2)15(26)11-25-13-8-6-7-9-14(13)30-12-16(25)27/h6-9H,3-5,10-12,21H2,1-2H3,(H,22,28,29). The van der Waals surface area contributed by atoms with Crippen molar-refractivity contribution in [3.05, 3.63) is 45.1 Å². The number of aromatic nitrogens is 2. The first kappa shape index (κ1) is 21.7. The van der Waals surface area contributed by atoms with Crippen LogP contribution >= 0.6 is 11.8 Å². The maximum atomic E-state index is 13.1. The van der Waals surface area contributed by atoms with E-state index in [4.69, 9.17) is 5.73 Å². The van der Waals surface area contributed by atoms with E-state index < -0.39 is 17.2 Å². The van der Waals surface area contributed by atoms with Gasteiger partial charge < -0.3 is 15.5 Å². The van der Waals surface area contributed by atoms with Crippen LogP contribution < -0.4 is 26.8 Å². The lowest BCUT2D eigenvalue weighted by molar-refractivity contribution is -0.121. The number of anilines is 3. The highest BCUT2D eigenvalue weighted by atomic mass is 32.2. The highest BCUT2D eigenvalue weighted by Gasteiger charge is 2.30. The van der Waals surface area contributed by atoms with Crippen LogP contribution in [0.1, 0.15) is 26.7 Å². The van der Waals surface area contributed by atoms with Crippen molar-refractivity contribution in [2.75, 3.05) is 34.4 Å². The number of rotatable bonds is 7. The fraction of sp³-hybridized carbons (Fsp3) is 0.400. The minimum Gasteiger partial charge on any atom is -0.383 e. The third kappa shape index (κ3) is 4.13. The molecule has 0 spiro atoms. The summed E-state index contributed by atoms with van der Waals surface area (Å²) >= 11 is 1.43. The summed E-state index contributed by atoms with van der Waals surface area (Å²) in [5, 5.41) is 0. The second kappa shape index (κ2) is 9.21. The second-order valence-corrected chi connectivity index (χ2v) is 7.89. The van der Waals surface area contributed by atoms with Gasteiger partial charge in [0.1, 0.15) is 12.4 Å². The fourth-order valence-corrected chi connectivity index (χ4v) is 4.32. The molecule has 1 aliphatic rings. The Hall–Kier alpha value is -3.01. The fourth-order valence-electron chi connectivity index (χ4n) is 3.38. The van der Waals surface area contributed by atoms with Crippen LogP contribution in [0, 0.1) is 0 Å². The molecule has 3 N–H and O–H groups in total. The van der Waals surface area contributed by atoms with Crippen molar-refractivity contribution in [2.24, 2.45) is 0 Å². The lowest BCUT2D eigenvalue weighted by Crippen LogP contribution is -2.47. The smallest absolute Gasteiger partial charge is 0.330 e. The van der Waals surface area contributed by atoms with E-state index in [9.17, 15) is 19.2 Å². The van der Waals surface area contributed by atoms with Crippen LogP contribution in [0.25, 0.3) is 0 Å². The number of fused-ring (bicyclic) bond motifs is 1. The number of hydrogen-bond acceptors (Lipinski definition) is 6. The number of nitrogens with one attached hydrogen (secondary N) is 1. The van der Waals surface area contributed by atoms with Gasteiger partial charge in [-0.2, -0.15) is 0 Å². The molecule has 0 atom stereocenters. The molecule has 160 valence electrons. The van der Waals surface area contributed by atoms with Crippen LogP contribution in [0.5, 0.6) is 0 Å². The predicted octanol–water partition coefficient (Wildman–Crippen LogP) is 1.41. The van der Waals surface area contributed by atoms with Gasteiger partial charge in [-0.05, 0) is 25.5 Å². The zero-order chi connectivity index (χ0) is 21.8. The molecule has 2 heterocycles. The van der Waals surface area contributed by atoms with E-state index in [1.54, 1.807) is 19.1 Å². The van der Waals surface area contributed by atoms with Crippen LogP contribution in [0.3, 0.4) is 0 Å². The third-order valence-corrected chi connectivity index (χ3v) is 5.99. The van der Waals surface area contributed by atoms with Crippen molar-refractivity contribution < 1.29 is 9.59 Å². The van der Waals surface area contributed by atoms with E-state index >= 15 is 0 Å². The first-order valence-corrected chi connectivity index (χ1v) is 10.8. The molecule has 1 aromatic carbocycles. The van der Waals surface area contributed by atoms with E-state index in [2.05, 4.69) is 4.98 Å². The van der Waals surface area contributed by atoms with Gasteiger partial charge in [0.05, 0.1) is 11.4 Å². The van der Waals surface area contributed by atoms with Crippen molar-refractivity contribution in [3.63, 3.8) is 0 Å². The van der Waals surface area contributed by atoms with E-state index in [1.165, 1.54) is 26.1 Å². The Labute approximate surface area is 177 Å². The normalized spacial score (nSPS) is 13.3. The molecule has 2 aromatic rings. The molecular weight excluding hydrogens is 406 g/mol. The molecule has 0 radical (unpaired) electrons. The number of unbranched alkanes of at least 4 members (excludes halogenated alkanes) is 1. The number of likely N-dealkylation sites (N-methyl/N-ethyl adjacent to an activating group) is 1. The van der Waals surface area contributed by atoms with Crippen LogP contribution in [-0.4, -0.2) is 40.2 Å². The van der Waals surface area contributed by atoms with Gasteiger partial charge in [-0.1, -0.05) is 25.5 Å². The Morgan fingerprint density at radius 3 is 2.67 bits per heavy atom. The first-order valence-electron chi connectivity index (χ1n) is 9.84. The summed E-state index contributed by atoms with van der Waals surface area (Å²) in [4.78, 5) is 56.1. The van der Waals surface area contributed by atoms with Gasteiger partial charge in [-0.25, -0.2) is 4.79 Å². The summed E-state index contributed by atoms with van der Waals surface area (Å²) in [5.74, 6) is -0.446. The maximum Gasteiger partial charge on any atom is 0.330 e. The summed E-state index contributed by atoms with van der Waals surface area (Å²) in [6, 6.07) is 7.36. The lowest BCUT2D eigenvalue weighted by Gasteiger charge is -2.31. The van der Waals surface area contributed by atoms with Crippen molar-refractivity contribution in [2.45, 2.75) is 38.1 Å². The molecule has 2 amide bonds. The molecule has 3 rings (SSSR count). The molecule has 0 fully saturated rings. The number of hydrogen-bond donors (Lipinski definition) is 2. The summed E-state index contributed by atoms with van der Waals surface area (Å²) in [6.07, 6.45) is 1.54. The van der Waals surface area contributed by atoms with Gasteiger partial charge in [-0.15, -0.1) is 11.8 Å². The Morgan fingerprint density at radius 2 is 1.97 bits per heavy atom. The van der Waals surface area contributed by atoms with E-state index in [0.717, 1.165) is 11.3 Å². The molecule has 1 aliphatic heterocycles. The number of thioether (sulfide) groups is 1. The van der Waals surface area contributed by atoms with Gasteiger partial charge in [0.15, 0.2) is 5.69 Å². The number of aromatic amines is 1. The van der Waals surface area contributed by atoms with Crippen molar-refractivity contribution in [1.82, 2.24) is 9.55 Å². The molecule has 0 saturated heterocycles. The van der Waals surface area contributed by atoms with Gasteiger partial charge in [-0.3, -0.25) is 23.9 Å². The molecule has 30 heavy (non-hydrogen) atoms. The van der Waals surface area contributed by atoms with E-state index in [0.29, 0.717) is 18.7 Å². The number of para-hydroxylation sites is 1. The molecule has 0 saturated carbocycles. The van der Waals surface area contributed by atoms with Crippen molar-refractivity contribution in [3.8, 4) is 0 Å². The first-order chi connectivity index (χ1) is 14.4. The maximum absolute atomic E-state index is 13.1. The summed E-state index contributed by atoms with van der Waals surface area (Å²) in [5.41, 5.74) is 5.42. The Bertz CT molecular complexity index is 1080. The molecule has 0 aliphatic carbocycles. The van der Waals surface area contributed by atoms with Gasteiger partial charge in [0.25, 0.3) is 5.56 Å². The number of nitrogens with zero attached hydrogens (tertiary/aromatic N) is 3. The molecule has 1 aromatic heterocycles. The van der Waals surface area contributed by atoms with Crippen LogP contribution in [0.15, 0.2) is 38.8 Å². The monoisotopic (exact) mass is 431 g/mol. The van der Waals surface area contributed by atoms with Crippen LogP contribution in [-0.2, 0) is 16.1 Å². The van der Waals surface area contributed by atoms with E-state index in [-0.39, 0.29) is 36.3 Å². The zero-order valence-electron chi connectivity index (χ0n) is 17.0. The Kier molecular flexibility index (Phi) is 6.66. The number of nitrogens with two attached hydrogens (primary N) is 1. The number of amides is 2. The quantitative estimate of drug-likeness (QED) is 0.684. The SMILES string of the molecule is CCCCn1c(N)c(N(CC)C(=O)CN2C(=O)CSc3ccccc32)c(=O)[nH]c1=O. The van der Waals surface area contributed by atoms with Crippen molar-refractivity contribution in [1.29, 1.82) is 0 Å². The number of H-pyrrole nitrogens is 1. The minimum absolute atomic E-state index is 0.0478. The zero-order valence-corrected chi connectivity index (χ0v) is 17.8. The average molecular weight is 432 g/mol. The Morgan fingerprint density at radius 1 is 1.23 bits per heavy atom. The Balaban J connectivity index is 1.95. The number of carbonyl (C=O) groups excluding carboxylic acids is 2. The summed E-state index contributed by atoms with van der Waals surface area (Å²) in [7, 11) is 0. The van der Waals surface area contributed by atoms with Crippen molar-refractivity contribution >= 4 is 40.8 Å². The number of benzene rings is 1. The molecule has 0 bridgehead atoms. The summed E-state index contributed by atoms with van der Waals surface area (Å²) < 4.78 is 1.27. The van der Waals surface area contributed by atoms with Gasteiger partial charge in [0.2, 0.25) is 11.8 Å². The van der Waals surface area contributed by atoms with Crippen LogP contribution in [0.2, 0.25) is 0 Å². The van der Waals surface area contributed by atoms with Crippen LogP contribution in [0.4, 0.5) is 17.2 Å². The van der Waals surface area contributed by atoms with Gasteiger partial charge >= 0.3 is 5.69 Å². The minimum atomic E-state index is -0.721. The average Bonchev–Trinajstić information content (AvgIpc) is 2.72. The predicted molar refractivity (Wildman–Crippen MR) is 118 cm³/mol. The molecule has 9 nitrogen and oxygen atoms in total. The number of carbonyl (C=O) groups is 2. The third-order valence-electron chi connectivity index (χ3n) is 4.94. The molecular formula is C20H25N5O4S. The molecule has 10 heteroatoms. The van der Waals surface area contributed by atoms with E-state index in [1.807, 2.05) is 19.1 Å².